The number of nitrogens with two attached hydrogens (primary N) is 1. The summed E-state index contributed by atoms with van der Waals surface area (Å²) >= 11 is 5.73. The molecule has 0 radical (unpaired) electrons. The van der Waals surface area contributed by atoms with E-state index in [4.69, 9.17) is 17.3 Å². The molecule has 118 valence electrons. The van der Waals surface area contributed by atoms with Gasteiger partial charge in [-0.1, -0.05) is 18.0 Å². The fourth-order valence-electron chi connectivity index (χ4n) is 2.70. The van der Waals surface area contributed by atoms with Crippen LogP contribution in [0.5, 0.6) is 0 Å². The molecule has 2 rings (SSSR count). The van der Waals surface area contributed by atoms with Crippen molar-refractivity contribution in [2.45, 2.75) is 24.2 Å². The first-order chi connectivity index (χ1) is 9.85. The standard InChI is InChI=1S/C13H18ClFN2O3S/c14-10-4-11(16)13(15)12(5-10)21(19,20)17-6-8-2-1-3-9(8)7-18/h4-5,8-9,17-18H,1-3,6-7,16H2. The molecule has 0 aromatic heterocycles. The zero-order valence-corrected chi connectivity index (χ0v) is 12.9. The highest BCUT2D eigenvalue weighted by Crippen LogP contribution is 2.31. The number of benzene rings is 1. The van der Waals surface area contributed by atoms with Gasteiger partial charge in [0, 0.05) is 18.2 Å². The Balaban J connectivity index is 2.16. The molecule has 2 unspecified atom stereocenters. The number of sulfonamides is 1. The summed E-state index contributed by atoms with van der Waals surface area (Å²) in [5.41, 5.74) is 5.09. The minimum Gasteiger partial charge on any atom is -0.396 e. The Morgan fingerprint density at radius 3 is 2.71 bits per heavy atom. The van der Waals surface area contributed by atoms with Crippen LogP contribution >= 0.6 is 11.6 Å². The van der Waals surface area contributed by atoms with E-state index in [1.165, 1.54) is 0 Å². The van der Waals surface area contributed by atoms with Crippen molar-refractivity contribution in [3.8, 4) is 0 Å². The van der Waals surface area contributed by atoms with Crippen molar-refractivity contribution in [1.29, 1.82) is 0 Å². The molecule has 0 saturated heterocycles. The summed E-state index contributed by atoms with van der Waals surface area (Å²) in [6.07, 6.45) is 2.67. The fourth-order valence-corrected chi connectivity index (χ4v) is 4.21. The molecule has 1 fully saturated rings. The van der Waals surface area contributed by atoms with Crippen LogP contribution in [0.4, 0.5) is 10.1 Å². The van der Waals surface area contributed by atoms with E-state index in [-0.39, 0.29) is 35.7 Å². The van der Waals surface area contributed by atoms with Gasteiger partial charge >= 0.3 is 0 Å². The van der Waals surface area contributed by atoms with Crippen LogP contribution in [0.15, 0.2) is 17.0 Å². The second-order valence-corrected chi connectivity index (χ2v) is 7.46. The lowest BCUT2D eigenvalue weighted by Gasteiger charge is -2.18. The van der Waals surface area contributed by atoms with Crippen LogP contribution in [0.25, 0.3) is 0 Å². The molecule has 0 amide bonds. The van der Waals surface area contributed by atoms with E-state index in [9.17, 15) is 17.9 Å². The van der Waals surface area contributed by atoms with E-state index in [1.54, 1.807) is 0 Å². The summed E-state index contributed by atoms with van der Waals surface area (Å²) in [6, 6.07) is 2.20. The molecule has 0 spiro atoms. The molecule has 8 heteroatoms. The first kappa shape index (κ1) is 16.5. The molecule has 21 heavy (non-hydrogen) atoms. The van der Waals surface area contributed by atoms with Crippen molar-refractivity contribution in [2.75, 3.05) is 18.9 Å². The SMILES string of the molecule is Nc1cc(Cl)cc(S(=O)(=O)NCC2CCCC2CO)c1F. The summed E-state index contributed by atoms with van der Waals surface area (Å²) in [5.74, 6) is -0.858. The molecule has 1 aromatic rings. The van der Waals surface area contributed by atoms with Gasteiger partial charge in [-0.05, 0) is 36.8 Å². The number of halogens is 2. The number of hydrogen-bond donors (Lipinski definition) is 3. The molecular weight excluding hydrogens is 319 g/mol. The van der Waals surface area contributed by atoms with Crippen LogP contribution in [-0.4, -0.2) is 26.7 Å². The van der Waals surface area contributed by atoms with Crippen LogP contribution in [0, 0.1) is 17.7 Å². The van der Waals surface area contributed by atoms with Crippen LogP contribution in [-0.2, 0) is 10.0 Å². The quantitative estimate of drug-likeness (QED) is 0.714. The lowest BCUT2D eigenvalue weighted by molar-refractivity contribution is 0.195. The molecule has 0 aliphatic heterocycles. The van der Waals surface area contributed by atoms with Crippen LogP contribution in [0.1, 0.15) is 19.3 Å². The Hall–Kier alpha value is -0.890. The molecule has 4 N–H and O–H groups in total. The molecule has 2 atom stereocenters. The first-order valence-electron chi connectivity index (χ1n) is 6.70. The van der Waals surface area contributed by atoms with Crippen molar-refractivity contribution >= 4 is 27.3 Å². The largest absolute Gasteiger partial charge is 0.396 e. The van der Waals surface area contributed by atoms with Gasteiger partial charge in [0.15, 0.2) is 5.82 Å². The molecule has 1 aromatic carbocycles. The zero-order chi connectivity index (χ0) is 15.6. The molecular formula is C13H18ClFN2O3S. The van der Waals surface area contributed by atoms with Crippen molar-refractivity contribution in [2.24, 2.45) is 11.8 Å². The number of anilines is 1. The summed E-state index contributed by atoms with van der Waals surface area (Å²) in [6.45, 7) is 0.199. The monoisotopic (exact) mass is 336 g/mol. The maximum atomic E-state index is 13.9. The van der Waals surface area contributed by atoms with Crippen molar-refractivity contribution < 1.29 is 17.9 Å². The van der Waals surface area contributed by atoms with Crippen molar-refractivity contribution in [3.05, 3.63) is 23.0 Å². The highest BCUT2D eigenvalue weighted by Gasteiger charge is 2.29. The van der Waals surface area contributed by atoms with Gasteiger partial charge in [0.1, 0.15) is 4.90 Å². The number of nitrogens with one attached hydrogen (secondary N) is 1. The summed E-state index contributed by atoms with van der Waals surface area (Å²) in [4.78, 5) is -0.550. The first-order valence-corrected chi connectivity index (χ1v) is 8.56. The van der Waals surface area contributed by atoms with Gasteiger partial charge < -0.3 is 10.8 Å². The van der Waals surface area contributed by atoms with E-state index in [0.717, 1.165) is 31.4 Å². The lowest BCUT2D eigenvalue weighted by atomic mass is 9.97. The average molecular weight is 337 g/mol. The lowest BCUT2D eigenvalue weighted by Crippen LogP contribution is -2.32. The Bertz CT molecular complexity index is 624. The minimum atomic E-state index is -4.03. The van der Waals surface area contributed by atoms with E-state index in [1.807, 2.05) is 0 Å². The van der Waals surface area contributed by atoms with E-state index < -0.39 is 20.7 Å². The van der Waals surface area contributed by atoms with Crippen molar-refractivity contribution in [1.82, 2.24) is 4.72 Å². The topological polar surface area (TPSA) is 92.4 Å². The maximum Gasteiger partial charge on any atom is 0.243 e. The van der Waals surface area contributed by atoms with Gasteiger partial charge in [0.05, 0.1) is 5.69 Å². The Morgan fingerprint density at radius 1 is 1.38 bits per heavy atom. The Labute approximate surface area is 128 Å². The minimum absolute atomic E-state index is 0.0326. The van der Waals surface area contributed by atoms with Crippen LogP contribution < -0.4 is 10.5 Å². The average Bonchev–Trinajstić information content (AvgIpc) is 2.88. The van der Waals surface area contributed by atoms with Gasteiger partial charge in [-0.25, -0.2) is 17.5 Å². The van der Waals surface area contributed by atoms with Crippen LogP contribution in [0.3, 0.4) is 0 Å². The Kier molecular flexibility index (Phi) is 5.08. The highest BCUT2D eigenvalue weighted by atomic mass is 35.5. The number of aliphatic hydroxyl groups excluding tert-OH is 1. The second-order valence-electron chi connectivity index (χ2n) is 5.29. The molecule has 0 heterocycles. The zero-order valence-electron chi connectivity index (χ0n) is 11.4. The van der Waals surface area contributed by atoms with Gasteiger partial charge in [-0.2, -0.15) is 0 Å². The van der Waals surface area contributed by atoms with E-state index >= 15 is 0 Å². The molecule has 1 saturated carbocycles. The van der Waals surface area contributed by atoms with E-state index in [0.29, 0.717) is 0 Å². The normalized spacial score (nSPS) is 22.6. The maximum absolute atomic E-state index is 13.9. The third-order valence-corrected chi connectivity index (χ3v) is 5.55. The predicted octanol–water partition coefficient (Wildman–Crippen LogP) is 1.75. The van der Waals surface area contributed by atoms with Gasteiger partial charge in [-0.3, -0.25) is 0 Å². The third kappa shape index (κ3) is 3.66. The second kappa shape index (κ2) is 6.48. The summed E-state index contributed by atoms with van der Waals surface area (Å²) < 4.78 is 40.6. The summed E-state index contributed by atoms with van der Waals surface area (Å²) in [5, 5.41) is 9.29. The predicted molar refractivity (Wildman–Crippen MR) is 78.9 cm³/mol. The van der Waals surface area contributed by atoms with Crippen LogP contribution in [0.2, 0.25) is 5.02 Å². The smallest absolute Gasteiger partial charge is 0.243 e. The molecule has 5 nitrogen and oxygen atoms in total. The Morgan fingerprint density at radius 2 is 2.05 bits per heavy atom. The van der Waals surface area contributed by atoms with Gasteiger partial charge in [-0.15, -0.1) is 0 Å². The fraction of sp³-hybridized carbons (Fsp3) is 0.538. The van der Waals surface area contributed by atoms with Gasteiger partial charge in [0.25, 0.3) is 0 Å². The number of rotatable bonds is 5. The van der Waals surface area contributed by atoms with Crippen molar-refractivity contribution in [3.63, 3.8) is 0 Å². The van der Waals surface area contributed by atoms with E-state index in [2.05, 4.69) is 4.72 Å². The third-order valence-electron chi connectivity index (χ3n) is 3.91. The molecule has 0 bridgehead atoms. The number of hydrogen-bond acceptors (Lipinski definition) is 4. The molecule has 1 aliphatic carbocycles. The number of aliphatic hydroxyl groups is 1. The molecule has 1 aliphatic rings. The number of nitrogen functional groups attached to an aromatic ring is 1. The highest BCUT2D eigenvalue weighted by molar-refractivity contribution is 7.89. The summed E-state index contributed by atoms with van der Waals surface area (Å²) in [7, 11) is -4.03. The van der Waals surface area contributed by atoms with Gasteiger partial charge in [0.2, 0.25) is 10.0 Å².